The summed E-state index contributed by atoms with van der Waals surface area (Å²) in [5, 5.41) is 16.9. The van der Waals surface area contributed by atoms with Crippen molar-refractivity contribution in [3.63, 3.8) is 0 Å². The monoisotopic (exact) mass is 589 g/mol. The first kappa shape index (κ1) is 30.1. The third-order valence-electron chi connectivity index (χ3n) is 6.53. The number of ether oxygens (including phenoxy) is 2. The largest absolute Gasteiger partial charge is 0.423 e. The third kappa shape index (κ3) is 6.88. The number of halogens is 6. The van der Waals surface area contributed by atoms with E-state index in [0.29, 0.717) is 0 Å². The summed E-state index contributed by atoms with van der Waals surface area (Å²) in [6.07, 6.45) is -8.81. The number of aromatic nitrogens is 3. The molecule has 1 saturated heterocycles. The van der Waals surface area contributed by atoms with Crippen molar-refractivity contribution in [1.29, 1.82) is 5.26 Å². The Hall–Kier alpha value is -3.91. The Bertz CT molecular complexity index is 1370. The molecule has 4 heterocycles. The van der Waals surface area contributed by atoms with Gasteiger partial charge in [0, 0.05) is 31.2 Å². The van der Waals surface area contributed by atoms with Gasteiger partial charge in [-0.05, 0) is 13.0 Å². The molecule has 0 unspecified atom stereocenters. The number of nitriles is 1. The molecule has 2 aliphatic heterocycles. The topological polar surface area (TPSA) is 136 Å². The van der Waals surface area contributed by atoms with Crippen LogP contribution in [0.15, 0.2) is 17.1 Å². The maximum atomic E-state index is 13.4. The smallest absolute Gasteiger partial charge is 0.379 e. The number of H-pyrrole nitrogens is 1. The van der Waals surface area contributed by atoms with Crippen molar-refractivity contribution in [3.05, 3.63) is 45.0 Å². The zero-order valence-corrected chi connectivity index (χ0v) is 21.6. The van der Waals surface area contributed by atoms with Gasteiger partial charge in [-0.25, -0.2) is 10.1 Å². The lowest BCUT2D eigenvalue weighted by molar-refractivity contribution is -0.139. The number of carbonyl (C=O) groups is 1. The summed E-state index contributed by atoms with van der Waals surface area (Å²) < 4.78 is 90.7. The first-order valence-electron chi connectivity index (χ1n) is 12.4. The van der Waals surface area contributed by atoms with Crippen LogP contribution in [0.1, 0.15) is 35.7 Å². The minimum atomic E-state index is -4.89. The van der Waals surface area contributed by atoms with Crippen molar-refractivity contribution in [3.8, 4) is 6.07 Å². The van der Waals surface area contributed by atoms with E-state index in [1.807, 2.05) is 0 Å². The van der Waals surface area contributed by atoms with Gasteiger partial charge < -0.3 is 24.6 Å². The lowest BCUT2D eigenvalue weighted by atomic mass is 10.1. The van der Waals surface area contributed by atoms with Gasteiger partial charge in [0.2, 0.25) is 5.91 Å². The van der Waals surface area contributed by atoms with Crippen molar-refractivity contribution < 1.29 is 40.6 Å². The number of rotatable bonds is 7. The van der Waals surface area contributed by atoms with E-state index in [4.69, 9.17) is 9.47 Å². The van der Waals surface area contributed by atoms with E-state index in [2.05, 4.69) is 15.4 Å². The summed E-state index contributed by atoms with van der Waals surface area (Å²) in [6.45, 7) is 2.15. The Balaban J connectivity index is 1.30. The van der Waals surface area contributed by atoms with E-state index in [-0.39, 0.29) is 69.8 Å². The van der Waals surface area contributed by atoms with Gasteiger partial charge in [0.1, 0.15) is 17.5 Å². The summed E-state index contributed by atoms with van der Waals surface area (Å²) in [7, 11) is 0. The number of alkyl halides is 6. The second kappa shape index (κ2) is 11.9. The minimum absolute atomic E-state index is 0.0248. The van der Waals surface area contributed by atoms with Crippen LogP contribution in [-0.2, 0) is 33.2 Å². The number of aromatic amines is 1. The fraction of sp³-hybridized carbons (Fsp3) is 0.542. The number of hydrogen-bond acceptors (Lipinski definition) is 9. The molecule has 2 aromatic heterocycles. The number of nitrogens with zero attached hydrogens (tertiary/aromatic N) is 5. The van der Waals surface area contributed by atoms with Crippen LogP contribution in [-0.4, -0.2) is 77.5 Å². The van der Waals surface area contributed by atoms with E-state index in [9.17, 15) is 41.2 Å². The van der Waals surface area contributed by atoms with Crippen LogP contribution in [0.25, 0.3) is 0 Å². The highest BCUT2D eigenvalue weighted by atomic mass is 19.4. The van der Waals surface area contributed by atoms with Crippen molar-refractivity contribution >= 4 is 17.4 Å². The molecule has 2 aliphatic rings. The molecule has 2 N–H and O–H groups in total. The maximum Gasteiger partial charge on any atom is 0.423 e. The molecule has 0 aliphatic carbocycles. The summed E-state index contributed by atoms with van der Waals surface area (Å²) >= 11 is 0. The number of anilines is 2. The summed E-state index contributed by atoms with van der Waals surface area (Å²) in [5.41, 5.74) is -4.94. The molecule has 2 aromatic rings. The van der Waals surface area contributed by atoms with E-state index in [0.717, 1.165) is 12.3 Å². The van der Waals surface area contributed by atoms with Gasteiger partial charge in [-0.15, -0.1) is 0 Å². The average molecular weight is 589 g/mol. The first-order valence-corrected chi connectivity index (χ1v) is 12.4. The number of nitrogens with one attached hydrogen (secondary N) is 2. The van der Waals surface area contributed by atoms with Gasteiger partial charge in [0.15, 0.2) is 5.69 Å². The van der Waals surface area contributed by atoms with Gasteiger partial charge in [-0.1, -0.05) is 0 Å². The maximum absolute atomic E-state index is 13.4. The Kier molecular flexibility index (Phi) is 8.73. The minimum Gasteiger partial charge on any atom is -0.379 e. The van der Waals surface area contributed by atoms with Crippen LogP contribution in [0.5, 0.6) is 0 Å². The third-order valence-corrected chi connectivity index (χ3v) is 6.53. The fourth-order valence-corrected chi connectivity index (χ4v) is 4.68. The molecule has 1 amide bonds. The second-order valence-corrected chi connectivity index (χ2v) is 9.53. The summed E-state index contributed by atoms with van der Waals surface area (Å²) in [6, 6.07) is 1.34. The number of pyridine rings is 1. The normalized spacial score (nSPS) is 18.1. The number of piperazine rings is 1. The standard InChI is InChI=1S/C24H25F6N7O4/c1-13(33-18-8-32-35-22(39)20(18)24(28,29)30)10-40-5-2-19(38)36-3-4-37-15(9-36)12-41-11-14-6-16(23(25,26)27)17(7-31)34-21(14)37/h6,8,13,15H,2-5,9-12H2,1H3,(H2,33,35,39)/t13-,15+/m0/s1. The molecule has 0 saturated carbocycles. The van der Waals surface area contributed by atoms with Gasteiger partial charge in [-0.2, -0.15) is 36.7 Å². The fourth-order valence-electron chi connectivity index (χ4n) is 4.68. The van der Waals surface area contributed by atoms with Crippen LogP contribution < -0.4 is 15.8 Å². The molecule has 2 atom stereocenters. The highest BCUT2D eigenvalue weighted by Gasteiger charge is 2.39. The Labute approximate surface area is 229 Å². The van der Waals surface area contributed by atoms with Crippen LogP contribution in [0.4, 0.5) is 37.8 Å². The highest BCUT2D eigenvalue weighted by molar-refractivity contribution is 5.76. The molecule has 41 heavy (non-hydrogen) atoms. The molecule has 0 aromatic carbocycles. The summed E-state index contributed by atoms with van der Waals surface area (Å²) in [4.78, 5) is 31.7. The Morgan fingerprint density at radius 2 is 2.05 bits per heavy atom. The van der Waals surface area contributed by atoms with Crippen LogP contribution in [0, 0.1) is 11.3 Å². The highest BCUT2D eigenvalue weighted by Crippen LogP contribution is 2.36. The number of amides is 1. The molecule has 1 fully saturated rings. The zero-order valence-electron chi connectivity index (χ0n) is 21.6. The van der Waals surface area contributed by atoms with E-state index >= 15 is 0 Å². The van der Waals surface area contributed by atoms with E-state index in [1.54, 1.807) is 14.9 Å². The van der Waals surface area contributed by atoms with Crippen molar-refractivity contribution in [2.75, 3.05) is 49.7 Å². The van der Waals surface area contributed by atoms with Crippen LogP contribution >= 0.6 is 0 Å². The molecule has 0 bridgehead atoms. The van der Waals surface area contributed by atoms with E-state index in [1.165, 1.54) is 13.0 Å². The zero-order chi connectivity index (χ0) is 29.9. The van der Waals surface area contributed by atoms with Crippen LogP contribution in [0.3, 0.4) is 0 Å². The molecular weight excluding hydrogens is 564 g/mol. The molecule has 0 spiro atoms. The second-order valence-electron chi connectivity index (χ2n) is 9.53. The predicted octanol–water partition coefficient (Wildman–Crippen LogP) is 2.53. The molecular formula is C24H25F6N7O4. The molecule has 4 rings (SSSR count). The number of carbonyl (C=O) groups excluding carboxylic acids is 1. The molecule has 222 valence electrons. The number of hydrogen-bond donors (Lipinski definition) is 2. The molecule has 17 heteroatoms. The van der Waals surface area contributed by atoms with Crippen molar-refractivity contribution in [2.24, 2.45) is 0 Å². The van der Waals surface area contributed by atoms with E-state index < -0.39 is 52.5 Å². The van der Waals surface area contributed by atoms with Crippen LogP contribution in [0.2, 0.25) is 0 Å². The SMILES string of the molecule is C[C@@H](COCCC(=O)N1CCN2c3nc(C#N)c(C(F)(F)F)cc3COC[C@H]2C1)Nc1cn[nH]c(=O)c1C(F)(F)F. The van der Waals surface area contributed by atoms with Gasteiger partial charge in [-0.3, -0.25) is 9.59 Å². The van der Waals surface area contributed by atoms with Crippen molar-refractivity contribution in [2.45, 2.75) is 44.4 Å². The summed E-state index contributed by atoms with van der Waals surface area (Å²) in [5.74, 6) is -0.0377. The Morgan fingerprint density at radius 3 is 2.73 bits per heavy atom. The molecule has 0 radical (unpaired) electrons. The van der Waals surface area contributed by atoms with Gasteiger partial charge in [0.25, 0.3) is 5.56 Å². The lowest BCUT2D eigenvalue weighted by Crippen LogP contribution is -2.56. The quantitative estimate of drug-likeness (QED) is 0.369. The van der Waals surface area contributed by atoms with Gasteiger partial charge in [0.05, 0.1) is 56.3 Å². The Morgan fingerprint density at radius 1 is 1.29 bits per heavy atom. The molecule has 11 nitrogen and oxygen atoms in total. The first-order chi connectivity index (χ1) is 19.3. The van der Waals surface area contributed by atoms with Crippen molar-refractivity contribution in [1.82, 2.24) is 20.1 Å². The lowest BCUT2D eigenvalue weighted by Gasteiger charge is -2.41. The predicted molar refractivity (Wildman–Crippen MR) is 130 cm³/mol. The number of fused-ring (bicyclic) bond motifs is 3. The average Bonchev–Trinajstić information content (AvgIpc) is 3.07. The van der Waals surface area contributed by atoms with Gasteiger partial charge >= 0.3 is 12.4 Å².